The maximum Gasteiger partial charge on any atom is 0.323 e. The second kappa shape index (κ2) is 11.2. The number of esters is 1. The zero-order chi connectivity index (χ0) is 24.9. The minimum absolute atomic E-state index is 0.103. The molecule has 2 aromatic rings. The molecule has 4 atom stereocenters. The normalized spacial score (nSPS) is 18.6. The molecular formula is C20H32N7O6P. The molecule has 188 valence electrons. The average Bonchev–Trinajstić information content (AvgIpc) is 3.12. The van der Waals surface area contributed by atoms with Gasteiger partial charge in [0.2, 0.25) is 7.44 Å². The predicted octanol–water partition coefficient (Wildman–Crippen LogP) is 1.49. The number of hydrogen-bond acceptors (Lipinski definition) is 9. The van der Waals surface area contributed by atoms with E-state index < -0.39 is 37.6 Å². The molecule has 13 nitrogen and oxygen atoms in total. The fourth-order valence-corrected chi connectivity index (χ4v) is 5.71. The SMILES string of the molecule is C[C@H](Cn1cnc2c(N)ncnc21)OCP(=O)(N[C@@H](C)CC(=O)O)N[C@H](C)C(=O)OC1CCC1. The Morgan fingerprint density at radius 3 is 2.65 bits per heavy atom. The Morgan fingerprint density at radius 1 is 1.26 bits per heavy atom. The summed E-state index contributed by atoms with van der Waals surface area (Å²) < 4.78 is 26.6. The van der Waals surface area contributed by atoms with E-state index in [-0.39, 0.29) is 24.7 Å². The number of carboxylic acids is 1. The number of hydrogen-bond donors (Lipinski definition) is 4. The molecule has 2 aromatic heterocycles. The Bertz CT molecular complexity index is 1060. The van der Waals surface area contributed by atoms with E-state index >= 15 is 0 Å². The number of carbonyl (C=O) groups is 2. The molecule has 0 radical (unpaired) electrons. The molecule has 0 spiro atoms. The fraction of sp³-hybridized carbons (Fsp3) is 0.650. The van der Waals surface area contributed by atoms with Crippen LogP contribution in [0, 0.1) is 0 Å². The van der Waals surface area contributed by atoms with Gasteiger partial charge in [-0.2, -0.15) is 0 Å². The topological polar surface area (TPSA) is 184 Å². The van der Waals surface area contributed by atoms with Crippen molar-refractivity contribution in [2.75, 3.05) is 12.1 Å². The van der Waals surface area contributed by atoms with Crippen LogP contribution in [0.15, 0.2) is 12.7 Å². The summed E-state index contributed by atoms with van der Waals surface area (Å²) in [5.74, 6) is -1.27. The maximum atomic E-state index is 13.6. The van der Waals surface area contributed by atoms with Gasteiger partial charge in [-0.25, -0.2) is 25.1 Å². The van der Waals surface area contributed by atoms with Crippen LogP contribution >= 0.6 is 7.44 Å². The third-order valence-corrected chi connectivity index (χ3v) is 7.60. The fourth-order valence-electron chi connectivity index (χ4n) is 3.49. The molecule has 1 aliphatic carbocycles. The van der Waals surface area contributed by atoms with Crippen molar-refractivity contribution >= 4 is 36.4 Å². The lowest BCUT2D eigenvalue weighted by Crippen LogP contribution is -2.42. The number of carbonyl (C=O) groups excluding carboxylic acids is 1. The number of imidazole rings is 1. The number of nitrogen functional groups attached to an aromatic ring is 1. The number of nitrogens with two attached hydrogens (primary N) is 1. The van der Waals surface area contributed by atoms with Crippen molar-refractivity contribution in [2.45, 2.75) is 77.3 Å². The molecule has 0 aliphatic heterocycles. The maximum absolute atomic E-state index is 13.6. The van der Waals surface area contributed by atoms with Crippen LogP contribution in [0.1, 0.15) is 46.5 Å². The number of ether oxygens (including phenoxy) is 2. The summed E-state index contributed by atoms with van der Waals surface area (Å²) in [6.45, 7) is 5.29. The largest absolute Gasteiger partial charge is 0.481 e. The molecule has 0 amide bonds. The minimum Gasteiger partial charge on any atom is -0.481 e. The standard InChI is InChI=1S/C20H32N7O6P/c1-12(7-16(28)29)25-34(31,26-14(3)20(30)33-15-5-4-6-15)11-32-13(2)8-27-10-24-17-18(21)22-9-23-19(17)27/h9-10,12-15H,4-8,11H2,1-3H3,(H,28,29)(H2,21,22,23)(H2,25,26,31)/t12-,13+,14+,34?/m0/s1. The first kappa shape index (κ1) is 26.0. The summed E-state index contributed by atoms with van der Waals surface area (Å²) in [7, 11) is -3.53. The number of nitrogens with one attached hydrogen (secondary N) is 2. The number of aliphatic carboxylic acids is 1. The summed E-state index contributed by atoms with van der Waals surface area (Å²) in [5.41, 5.74) is 6.84. The molecule has 1 aliphatic rings. The van der Waals surface area contributed by atoms with Gasteiger partial charge in [0, 0.05) is 6.04 Å². The lowest BCUT2D eigenvalue weighted by Gasteiger charge is -2.30. The van der Waals surface area contributed by atoms with Crippen molar-refractivity contribution in [3.8, 4) is 0 Å². The van der Waals surface area contributed by atoms with E-state index in [0.717, 1.165) is 19.3 Å². The number of aromatic nitrogens is 4. The Hall–Kier alpha value is -2.60. The summed E-state index contributed by atoms with van der Waals surface area (Å²) in [6.07, 6.45) is 4.53. The molecule has 14 heteroatoms. The van der Waals surface area contributed by atoms with Gasteiger partial charge in [-0.1, -0.05) is 0 Å². The summed E-state index contributed by atoms with van der Waals surface area (Å²) >= 11 is 0. The van der Waals surface area contributed by atoms with E-state index in [1.54, 1.807) is 31.7 Å². The third kappa shape index (κ3) is 6.95. The van der Waals surface area contributed by atoms with Crippen molar-refractivity contribution < 1.29 is 28.7 Å². The van der Waals surface area contributed by atoms with Crippen LogP contribution in [0.5, 0.6) is 0 Å². The minimum atomic E-state index is -3.53. The average molecular weight is 497 g/mol. The highest BCUT2D eigenvalue weighted by molar-refractivity contribution is 7.59. The summed E-state index contributed by atoms with van der Waals surface area (Å²) in [5, 5.41) is 14.7. The van der Waals surface area contributed by atoms with E-state index in [9.17, 15) is 14.2 Å². The van der Waals surface area contributed by atoms with Crippen molar-refractivity contribution in [1.29, 1.82) is 0 Å². The molecule has 0 bridgehead atoms. The van der Waals surface area contributed by atoms with Crippen LogP contribution in [0.25, 0.3) is 11.2 Å². The van der Waals surface area contributed by atoms with Crippen molar-refractivity contribution in [1.82, 2.24) is 29.7 Å². The Labute approximate surface area is 197 Å². The lowest BCUT2D eigenvalue weighted by atomic mass is 9.96. The summed E-state index contributed by atoms with van der Waals surface area (Å²) in [6, 6.07) is -1.49. The van der Waals surface area contributed by atoms with Crippen LogP contribution in [0.3, 0.4) is 0 Å². The number of anilines is 1. The van der Waals surface area contributed by atoms with Crippen LogP contribution in [-0.4, -0.2) is 67.2 Å². The van der Waals surface area contributed by atoms with Gasteiger partial charge in [0.1, 0.15) is 30.3 Å². The van der Waals surface area contributed by atoms with Crippen molar-refractivity contribution in [2.24, 2.45) is 0 Å². The van der Waals surface area contributed by atoms with E-state index in [2.05, 4.69) is 25.1 Å². The van der Waals surface area contributed by atoms with Gasteiger partial charge >= 0.3 is 11.9 Å². The quantitative estimate of drug-likeness (QED) is 0.231. The third-order valence-electron chi connectivity index (χ3n) is 5.42. The van der Waals surface area contributed by atoms with Crippen molar-refractivity contribution in [3.05, 3.63) is 12.7 Å². The monoisotopic (exact) mass is 497 g/mol. The molecule has 0 aromatic carbocycles. The van der Waals surface area contributed by atoms with Gasteiger partial charge in [0.05, 0.1) is 25.4 Å². The first-order valence-electron chi connectivity index (χ1n) is 11.2. The van der Waals surface area contributed by atoms with Crippen LogP contribution in [0.2, 0.25) is 0 Å². The second-order valence-corrected chi connectivity index (χ2v) is 10.9. The van der Waals surface area contributed by atoms with Gasteiger partial charge in [-0.05, 0) is 40.0 Å². The van der Waals surface area contributed by atoms with Gasteiger partial charge in [-0.3, -0.25) is 14.2 Å². The summed E-state index contributed by atoms with van der Waals surface area (Å²) in [4.78, 5) is 35.8. The number of nitrogens with zero attached hydrogens (tertiary/aromatic N) is 4. The first-order chi connectivity index (χ1) is 16.1. The van der Waals surface area contributed by atoms with Gasteiger partial charge in [0.25, 0.3) is 0 Å². The smallest absolute Gasteiger partial charge is 0.323 e. The van der Waals surface area contributed by atoms with Crippen molar-refractivity contribution in [3.63, 3.8) is 0 Å². The van der Waals surface area contributed by atoms with Crippen LogP contribution in [-0.2, 0) is 30.2 Å². The molecule has 1 unspecified atom stereocenters. The van der Waals surface area contributed by atoms with E-state index in [1.165, 1.54) is 6.33 Å². The predicted molar refractivity (Wildman–Crippen MR) is 124 cm³/mol. The van der Waals surface area contributed by atoms with E-state index in [4.69, 9.17) is 20.3 Å². The highest BCUT2D eigenvalue weighted by Gasteiger charge is 2.32. The highest BCUT2D eigenvalue weighted by atomic mass is 31.2. The molecule has 0 saturated heterocycles. The second-order valence-electron chi connectivity index (χ2n) is 8.64. The Kier molecular flexibility index (Phi) is 8.58. The van der Waals surface area contributed by atoms with Gasteiger partial charge < -0.3 is 24.9 Å². The van der Waals surface area contributed by atoms with Gasteiger partial charge in [0.15, 0.2) is 11.5 Å². The van der Waals surface area contributed by atoms with E-state index in [1.807, 2.05) is 0 Å². The molecular weight excluding hydrogens is 465 g/mol. The van der Waals surface area contributed by atoms with E-state index in [0.29, 0.717) is 17.7 Å². The molecule has 2 heterocycles. The molecule has 1 fully saturated rings. The Morgan fingerprint density at radius 2 is 2.00 bits per heavy atom. The Balaban J connectivity index is 1.64. The number of fused-ring (bicyclic) bond motifs is 1. The zero-order valence-corrected chi connectivity index (χ0v) is 20.4. The first-order valence-corrected chi connectivity index (χ1v) is 13.1. The van der Waals surface area contributed by atoms with Crippen LogP contribution < -0.4 is 15.9 Å². The van der Waals surface area contributed by atoms with Crippen LogP contribution in [0.4, 0.5) is 5.82 Å². The number of carboxylic acid groups (broad SMARTS) is 1. The molecule has 3 rings (SSSR count). The highest BCUT2D eigenvalue weighted by Crippen LogP contribution is 2.38. The molecule has 34 heavy (non-hydrogen) atoms. The zero-order valence-electron chi connectivity index (χ0n) is 19.5. The van der Waals surface area contributed by atoms with Gasteiger partial charge in [-0.15, -0.1) is 0 Å². The number of rotatable bonds is 13. The molecule has 1 saturated carbocycles. The lowest BCUT2D eigenvalue weighted by molar-refractivity contribution is -0.154. The molecule has 5 N–H and O–H groups in total.